The molecule has 10 rings (SSSR count). The van der Waals surface area contributed by atoms with Gasteiger partial charge in [-0.1, -0.05) is 148 Å². The number of allylic oxidation sites excluding steroid dienone is 4. The molecule has 2 heterocycles. The molecule has 1 N–H and O–H groups in total. The maximum absolute atomic E-state index is 3.95. The van der Waals surface area contributed by atoms with Crippen molar-refractivity contribution in [3.63, 3.8) is 0 Å². The number of rotatable bonds is 6. The van der Waals surface area contributed by atoms with Crippen molar-refractivity contribution in [3.05, 3.63) is 160 Å². The van der Waals surface area contributed by atoms with Crippen LogP contribution in [0, 0.1) is 20.8 Å². The predicted octanol–water partition coefficient (Wildman–Crippen LogP) is 14.1. The second-order valence-electron chi connectivity index (χ2n) is 19.9. The highest BCUT2D eigenvalue weighted by Gasteiger charge is 2.59. The zero-order chi connectivity index (χ0) is 41.7. The van der Waals surface area contributed by atoms with E-state index in [-0.39, 0.29) is 16.4 Å². The van der Waals surface area contributed by atoms with Crippen LogP contribution in [0.15, 0.2) is 127 Å². The van der Waals surface area contributed by atoms with Crippen molar-refractivity contribution in [2.24, 2.45) is 0 Å². The Balaban J connectivity index is 1.23. The first-order valence-corrected chi connectivity index (χ1v) is 22.3. The van der Waals surface area contributed by atoms with Crippen LogP contribution in [-0.4, -0.2) is 12.8 Å². The maximum Gasteiger partial charge on any atom is 0.197 e. The van der Waals surface area contributed by atoms with Crippen molar-refractivity contribution in [2.45, 2.75) is 111 Å². The summed E-state index contributed by atoms with van der Waals surface area (Å²) < 4.78 is 0. The van der Waals surface area contributed by atoms with Crippen molar-refractivity contribution in [1.29, 1.82) is 0 Å². The van der Waals surface area contributed by atoms with Gasteiger partial charge < -0.3 is 10.2 Å². The van der Waals surface area contributed by atoms with E-state index in [1.54, 1.807) is 5.56 Å². The molecule has 6 aromatic carbocycles. The highest BCUT2D eigenvalue weighted by atomic mass is 15.3. The molecule has 4 aliphatic rings. The van der Waals surface area contributed by atoms with Gasteiger partial charge in [0.2, 0.25) is 0 Å². The Morgan fingerprint density at radius 2 is 1.37 bits per heavy atom. The number of hydrogen-bond donors (Lipinski definition) is 1. The lowest BCUT2D eigenvalue weighted by Crippen LogP contribution is -2.57. The van der Waals surface area contributed by atoms with Gasteiger partial charge in [-0.25, -0.2) is 0 Å². The maximum atomic E-state index is 3.95. The Hall–Kier alpha value is -5.54. The van der Waals surface area contributed by atoms with Gasteiger partial charge in [0.25, 0.3) is 0 Å². The van der Waals surface area contributed by atoms with Crippen molar-refractivity contribution in [1.82, 2.24) is 0 Å². The minimum atomic E-state index is -0.0591. The number of aryl methyl sites for hydroxylation is 3. The summed E-state index contributed by atoms with van der Waals surface area (Å²) in [4.78, 5) is 2.84. The van der Waals surface area contributed by atoms with E-state index >= 15 is 0 Å². The first-order valence-electron chi connectivity index (χ1n) is 22.3. The Kier molecular flexibility index (Phi) is 9.03. The standard InChI is InChI=1S/C57H58BN2/c1-35-17-18-41(29-35)42-21-24-50(59-45-22-19-40(20-23-45)39-15-11-10-12-16-39)46(30-42)47-31-43(52-37(3)27-36(2)28-38(52)4)32-51-53(47)58-49-34-44(55(5,6)7)33-48-54(49)60(51)57(9)26-14-13-25-56(48,57)8/h10-12,15-17,19-24,27-34,59H,13-14,18,25-26H2,1-9H3. The average Bonchev–Trinajstić information content (AvgIpc) is 3.75. The van der Waals surface area contributed by atoms with Crippen LogP contribution in [0.4, 0.5) is 22.7 Å². The lowest BCUT2D eigenvalue weighted by molar-refractivity contribution is 0.195. The number of anilines is 4. The van der Waals surface area contributed by atoms with Gasteiger partial charge in [0, 0.05) is 33.7 Å². The molecule has 0 amide bonds. The highest BCUT2D eigenvalue weighted by Crippen LogP contribution is 2.61. The molecular formula is C57H58BN2. The molecule has 2 aliphatic carbocycles. The molecule has 2 nitrogen and oxygen atoms in total. The third-order valence-electron chi connectivity index (χ3n) is 14.8. The average molecular weight is 782 g/mol. The van der Waals surface area contributed by atoms with Gasteiger partial charge in [-0.2, -0.15) is 0 Å². The van der Waals surface area contributed by atoms with Gasteiger partial charge >= 0.3 is 0 Å². The van der Waals surface area contributed by atoms with Crippen LogP contribution in [0.3, 0.4) is 0 Å². The molecule has 0 aromatic heterocycles. The van der Waals surface area contributed by atoms with E-state index < -0.39 is 0 Å². The fourth-order valence-electron chi connectivity index (χ4n) is 11.4. The van der Waals surface area contributed by atoms with Gasteiger partial charge in [0.05, 0.1) is 5.54 Å². The zero-order valence-corrected chi connectivity index (χ0v) is 37.1. The quantitative estimate of drug-likeness (QED) is 0.169. The summed E-state index contributed by atoms with van der Waals surface area (Å²) in [6.07, 6.45) is 10.6. The highest BCUT2D eigenvalue weighted by molar-refractivity contribution is 6.73. The minimum absolute atomic E-state index is 0.0321. The van der Waals surface area contributed by atoms with Gasteiger partial charge in [-0.05, 0) is 157 Å². The molecule has 299 valence electrons. The second-order valence-corrected chi connectivity index (χ2v) is 19.9. The molecule has 1 fully saturated rings. The predicted molar refractivity (Wildman–Crippen MR) is 260 cm³/mol. The van der Waals surface area contributed by atoms with Crippen molar-refractivity contribution in [2.75, 3.05) is 10.2 Å². The van der Waals surface area contributed by atoms with Crippen LogP contribution in [-0.2, 0) is 10.8 Å². The Labute approximate surface area is 359 Å². The van der Waals surface area contributed by atoms with Crippen LogP contribution >= 0.6 is 0 Å². The van der Waals surface area contributed by atoms with Crippen LogP contribution < -0.4 is 21.1 Å². The van der Waals surface area contributed by atoms with Crippen LogP contribution in [0.25, 0.3) is 39.0 Å². The number of nitrogens with one attached hydrogen (secondary N) is 1. The smallest absolute Gasteiger partial charge is 0.197 e. The van der Waals surface area contributed by atoms with E-state index in [9.17, 15) is 0 Å². The monoisotopic (exact) mass is 781 g/mol. The van der Waals surface area contributed by atoms with E-state index in [0.29, 0.717) is 0 Å². The lowest BCUT2D eigenvalue weighted by atomic mass is 9.57. The molecule has 0 bridgehead atoms. The van der Waals surface area contributed by atoms with Crippen molar-refractivity contribution < 1.29 is 0 Å². The number of benzene rings is 6. The summed E-state index contributed by atoms with van der Waals surface area (Å²) in [6.45, 7) is 21.3. The summed E-state index contributed by atoms with van der Waals surface area (Å²) in [5.41, 5.74) is 26.2. The van der Waals surface area contributed by atoms with Crippen LogP contribution in [0.5, 0.6) is 0 Å². The number of hydrogen-bond acceptors (Lipinski definition) is 2. The molecule has 60 heavy (non-hydrogen) atoms. The number of nitrogens with zero attached hydrogens (tertiary/aromatic N) is 1. The fourth-order valence-corrected chi connectivity index (χ4v) is 11.4. The molecule has 1 radical (unpaired) electrons. The van der Waals surface area contributed by atoms with E-state index in [4.69, 9.17) is 0 Å². The fraction of sp³-hybridized carbons (Fsp3) is 0.298. The SMILES string of the molecule is CC1=CCC(c2ccc(Nc3ccc(-c4ccccc4)cc3)c(-c3cc(-c4c(C)cc(C)cc4C)cc4c3[B]c3cc(C(C)(C)C)cc5c3N4C3(C)CCCCC53C)c2)=C1. The summed E-state index contributed by atoms with van der Waals surface area (Å²) in [5.74, 6) is 0. The molecule has 0 spiro atoms. The van der Waals surface area contributed by atoms with Gasteiger partial charge in [-0.3, -0.25) is 0 Å². The second kappa shape index (κ2) is 14.0. The molecule has 3 heteroatoms. The third-order valence-corrected chi connectivity index (χ3v) is 14.8. The first kappa shape index (κ1) is 38.7. The van der Waals surface area contributed by atoms with E-state index in [1.807, 2.05) is 0 Å². The van der Waals surface area contributed by atoms with Crippen LogP contribution in [0.1, 0.15) is 107 Å². The summed E-state index contributed by atoms with van der Waals surface area (Å²) >= 11 is 0. The molecule has 1 saturated carbocycles. The van der Waals surface area contributed by atoms with E-state index in [1.165, 1.54) is 120 Å². The molecular weight excluding hydrogens is 723 g/mol. The van der Waals surface area contributed by atoms with Gasteiger partial charge in [0.15, 0.2) is 7.28 Å². The number of fused-ring (bicyclic) bond motifs is 5. The molecule has 2 aliphatic heterocycles. The zero-order valence-electron chi connectivity index (χ0n) is 37.1. The molecule has 0 saturated heterocycles. The third kappa shape index (κ3) is 6.14. The Morgan fingerprint density at radius 1 is 0.683 bits per heavy atom. The van der Waals surface area contributed by atoms with Crippen molar-refractivity contribution in [3.8, 4) is 33.4 Å². The van der Waals surface area contributed by atoms with E-state index in [2.05, 4.69) is 201 Å². The lowest BCUT2D eigenvalue weighted by Gasteiger charge is -2.51. The largest absolute Gasteiger partial charge is 0.355 e. The molecule has 6 aromatic rings. The minimum Gasteiger partial charge on any atom is -0.355 e. The Bertz CT molecular complexity index is 2760. The topological polar surface area (TPSA) is 15.3 Å². The van der Waals surface area contributed by atoms with Crippen LogP contribution in [0.2, 0.25) is 0 Å². The van der Waals surface area contributed by atoms with Crippen molar-refractivity contribution >= 4 is 46.5 Å². The summed E-state index contributed by atoms with van der Waals surface area (Å²) in [7, 11) is 2.56. The first-order chi connectivity index (χ1) is 28.7. The molecule has 2 unspecified atom stereocenters. The van der Waals surface area contributed by atoms with E-state index in [0.717, 1.165) is 17.8 Å². The summed E-state index contributed by atoms with van der Waals surface area (Å²) in [6, 6.07) is 41.6. The Morgan fingerprint density at radius 3 is 2.07 bits per heavy atom. The van der Waals surface area contributed by atoms with Gasteiger partial charge in [-0.15, -0.1) is 0 Å². The molecule has 2 atom stereocenters. The summed E-state index contributed by atoms with van der Waals surface area (Å²) in [5, 5.41) is 3.95. The van der Waals surface area contributed by atoms with Gasteiger partial charge in [0.1, 0.15) is 0 Å². The normalized spacial score (nSPS) is 20.2.